The Hall–Kier alpha value is -0.120. The molecule has 78 valence electrons. The molecular formula is C10H22N2O. The van der Waals surface area contributed by atoms with Crippen molar-refractivity contribution in [2.45, 2.75) is 32.2 Å². The maximum absolute atomic E-state index is 8.77. The first kappa shape index (κ1) is 11.0. The van der Waals surface area contributed by atoms with Crippen molar-refractivity contribution in [1.29, 1.82) is 0 Å². The second-order valence-electron chi connectivity index (χ2n) is 3.74. The zero-order valence-corrected chi connectivity index (χ0v) is 8.63. The monoisotopic (exact) mass is 186 g/mol. The molecule has 0 bridgehead atoms. The van der Waals surface area contributed by atoms with Crippen LogP contribution in [0.2, 0.25) is 0 Å². The number of aliphatic hydroxyl groups excluding tert-OH is 1. The van der Waals surface area contributed by atoms with E-state index in [2.05, 4.69) is 17.1 Å². The summed E-state index contributed by atoms with van der Waals surface area (Å²) in [5.41, 5.74) is 0. The average molecular weight is 186 g/mol. The van der Waals surface area contributed by atoms with E-state index in [0.29, 0.717) is 0 Å². The molecule has 0 radical (unpaired) electrons. The number of rotatable bonds is 8. The molecular weight excluding hydrogens is 164 g/mol. The highest BCUT2D eigenvalue weighted by Crippen LogP contribution is 2.18. The fourth-order valence-corrected chi connectivity index (χ4v) is 1.47. The van der Waals surface area contributed by atoms with Crippen molar-refractivity contribution < 1.29 is 5.11 Å². The molecule has 0 saturated heterocycles. The highest BCUT2D eigenvalue weighted by atomic mass is 16.3. The Morgan fingerprint density at radius 3 is 2.69 bits per heavy atom. The fourth-order valence-electron chi connectivity index (χ4n) is 1.47. The van der Waals surface area contributed by atoms with Crippen molar-refractivity contribution in [3.63, 3.8) is 0 Å². The van der Waals surface area contributed by atoms with Gasteiger partial charge in [-0.3, -0.25) is 0 Å². The molecule has 1 saturated carbocycles. The van der Waals surface area contributed by atoms with E-state index >= 15 is 0 Å². The molecule has 13 heavy (non-hydrogen) atoms. The molecule has 0 aromatic carbocycles. The topological polar surface area (TPSA) is 35.5 Å². The molecule has 2 N–H and O–H groups in total. The van der Waals surface area contributed by atoms with E-state index in [1.807, 2.05) is 0 Å². The molecule has 1 fully saturated rings. The molecule has 1 aliphatic carbocycles. The number of aliphatic hydroxyl groups is 1. The zero-order chi connectivity index (χ0) is 9.52. The van der Waals surface area contributed by atoms with E-state index in [1.165, 1.54) is 19.3 Å². The number of nitrogens with zero attached hydrogens (tertiary/aromatic N) is 1. The molecule has 0 spiro atoms. The van der Waals surface area contributed by atoms with Crippen LogP contribution < -0.4 is 5.32 Å². The van der Waals surface area contributed by atoms with Crippen LogP contribution in [0.4, 0.5) is 0 Å². The van der Waals surface area contributed by atoms with Gasteiger partial charge in [0.2, 0.25) is 0 Å². The van der Waals surface area contributed by atoms with Crippen molar-refractivity contribution in [3.8, 4) is 0 Å². The van der Waals surface area contributed by atoms with E-state index in [9.17, 15) is 0 Å². The van der Waals surface area contributed by atoms with Gasteiger partial charge in [0, 0.05) is 12.6 Å². The summed E-state index contributed by atoms with van der Waals surface area (Å²) in [6.45, 7) is 6.53. The quantitative estimate of drug-likeness (QED) is 0.540. The molecule has 0 heterocycles. The Balaban J connectivity index is 1.88. The van der Waals surface area contributed by atoms with Gasteiger partial charge in [0.05, 0.1) is 6.61 Å². The van der Waals surface area contributed by atoms with Gasteiger partial charge in [0.1, 0.15) is 0 Å². The summed E-state index contributed by atoms with van der Waals surface area (Å²) in [6, 6.07) is 0.827. The third-order valence-electron chi connectivity index (χ3n) is 2.52. The smallest absolute Gasteiger partial charge is 0.0558 e. The Kier molecular flexibility index (Phi) is 5.35. The lowest BCUT2D eigenvalue weighted by molar-refractivity contribution is 0.200. The van der Waals surface area contributed by atoms with Gasteiger partial charge in [-0.15, -0.1) is 0 Å². The predicted octanol–water partition coefficient (Wildman–Crippen LogP) is 0.443. The van der Waals surface area contributed by atoms with Crippen LogP contribution >= 0.6 is 0 Å². The number of hydrogen-bond donors (Lipinski definition) is 2. The molecule has 0 amide bonds. The normalized spacial score (nSPS) is 16.8. The number of nitrogens with one attached hydrogen (secondary N) is 1. The van der Waals surface area contributed by atoms with Crippen molar-refractivity contribution in [3.05, 3.63) is 0 Å². The number of likely N-dealkylation sites (N-methyl/N-ethyl adjacent to an activating group) is 1. The lowest BCUT2D eigenvalue weighted by atomic mass is 10.3. The Morgan fingerprint density at radius 2 is 2.15 bits per heavy atom. The summed E-state index contributed by atoms with van der Waals surface area (Å²) in [5.74, 6) is 0. The summed E-state index contributed by atoms with van der Waals surface area (Å²) in [4.78, 5) is 2.29. The first-order valence-corrected chi connectivity index (χ1v) is 5.43. The first-order valence-electron chi connectivity index (χ1n) is 5.43. The highest BCUT2D eigenvalue weighted by molar-refractivity contribution is 4.80. The molecule has 0 aromatic rings. The van der Waals surface area contributed by atoms with Crippen LogP contribution in [0.25, 0.3) is 0 Å². The lowest BCUT2D eigenvalue weighted by Crippen LogP contribution is -2.30. The second-order valence-corrected chi connectivity index (χ2v) is 3.74. The maximum Gasteiger partial charge on any atom is 0.0558 e. The van der Waals surface area contributed by atoms with E-state index < -0.39 is 0 Å². The predicted molar refractivity (Wildman–Crippen MR) is 54.8 cm³/mol. The maximum atomic E-state index is 8.77. The van der Waals surface area contributed by atoms with Crippen LogP contribution in [-0.2, 0) is 0 Å². The molecule has 0 atom stereocenters. The van der Waals surface area contributed by atoms with Gasteiger partial charge < -0.3 is 15.3 Å². The summed E-state index contributed by atoms with van der Waals surface area (Å²) in [7, 11) is 0. The standard InChI is InChI=1S/C10H22N2O/c1-2-12(8-9-13)7-3-6-11-10-4-5-10/h10-11,13H,2-9H2,1H3. The van der Waals surface area contributed by atoms with Gasteiger partial charge in [-0.1, -0.05) is 6.92 Å². The minimum absolute atomic E-state index is 0.282. The Labute approximate surface area is 81.1 Å². The third kappa shape index (κ3) is 5.24. The van der Waals surface area contributed by atoms with Gasteiger partial charge in [-0.25, -0.2) is 0 Å². The first-order chi connectivity index (χ1) is 6.36. The lowest BCUT2D eigenvalue weighted by Gasteiger charge is -2.18. The van der Waals surface area contributed by atoms with E-state index in [0.717, 1.165) is 32.2 Å². The second kappa shape index (κ2) is 6.35. The van der Waals surface area contributed by atoms with Gasteiger partial charge in [0.25, 0.3) is 0 Å². The summed E-state index contributed by atoms with van der Waals surface area (Å²) < 4.78 is 0. The van der Waals surface area contributed by atoms with Crippen LogP contribution in [0.15, 0.2) is 0 Å². The summed E-state index contributed by atoms with van der Waals surface area (Å²) in [6.07, 6.45) is 3.94. The van der Waals surface area contributed by atoms with Crippen molar-refractivity contribution in [2.75, 3.05) is 32.8 Å². The highest BCUT2D eigenvalue weighted by Gasteiger charge is 2.19. The molecule has 1 rings (SSSR count). The van der Waals surface area contributed by atoms with Crippen LogP contribution in [0.1, 0.15) is 26.2 Å². The van der Waals surface area contributed by atoms with Crippen molar-refractivity contribution >= 4 is 0 Å². The molecule has 0 aliphatic heterocycles. The SMILES string of the molecule is CCN(CCO)CCCNC1CC1. The van der Waals surface area contributed by atoms with Crippen molar-refractivity contribution in [1.82, 2.24) is 10.2 Å². The average Bonchev–Trinajstić information content (AvgIpc) is 2.94. The van der Waals surface area contributed by atoms with Crippen LogP contribution in [0.3, 0.4) is 0 Å². The summed E-state index contributed by atoms with van der Waals surface area (Å²) in [5, 5.41) is 12.3. The minimum Gasteiger partial charge on any atom is -0.395 e. The zero-order valence-electron chi connectivity index (χ0n) is 8.63. The summed E-state index contributed by atoms with van der Waals surface area (Å²) >= 11 is 0. The number of hydrogen-bond acceptors (Lipinski definition) is 3. The molecule has 3 heteroatoms. The van der Waals surface area contributed by atoms with Gasteiger partial charge in [0.15, 0.2) is 0 Å². The fraction of sp³-hybridized carbons (Fsp3) is 1.00. The Bertz CT molecular complexity index is 126. The third-order valence-corrected chi connectivity index (χ3v) is 2.52. The van der Waals surface area contributed by atoms with Crippen LogP contribution in [-0.4, -0.2) is 48.8 Å². The van der Waals surface area contributed by atoms with Gasteiger partial charge in [-0.05, 0) is 38.9 Å². The Morgan fingerprint density at radius 1 is 1.38 bits per heavy atom. The largest absolute Gasteiger partial charge is 0.395 e. The molecule has 1 aliphatic rings. The van der Waals surface area contributed by atoms with Crippen LogP contribution in [0.5, 0.6) is 0 Å². The van der Waals surface area contributed by atoms with E-state index in [1.54, 1.807) is 0 Å². The van der Waals surface area contributed by atoms with Crippen molar-refractivity contribution in [2.24, 2.45) is 0 Å². The van der Waals surface area contributed by atoms with Gasteiger partial charge >= 0.3 is 0 Å². The van der Waals surface area contributed by atoms with Crippen LogP contribution in [0, 0.1) is 0 Å². The van der Waals surface area contributed by atoms with E-state index in [-0.39, 0.29) is 6.61 Å². The van der Waals surface area contributed by atoms with E-state index in [4.69, 9.17) is 5.11 Å². The van der Waals surface area contributed by atoms with Gasteiger partial charge in [-0.2, -0.15) is 0 Å². The minimum atomic E-state index is 0.282. The molecule has 0 unspecified atom stereocenters. The molecule has 3 nitrogen and oxygen atoms in total. The molecule has 0 aromatic heterocycles.